The van der Waals surface area contributed by atoms with E-state index in [9.17, 15) is 9.59 Å². The first kappa shape index (κ1) is 18.0. The summed E-state index contributed by atoms with van der Waals surface area (Å²) in [5, 5.41) is 7.42. The van der Waals surface area contributed by atoms with Gasteiger partial charge in [-0.15, -0.1) is 5.10 Å². The third kappa shape index (κ3) is 3.67. The maximum atomic E-state index is 12.5. The summed E-state index contributed by atoms with van der Waals surface area (Å²) in [5.41, 5.74) is 2.75. The number of hydrogen-bond acceptors (Lipinski definition) is 4. The maximum Gasteiger partial charge on any atom is 0.271 e. The Morgan fingerprint density at radius 2 is 1.68 bits per heavy atom. The Bertz CT molecular complexity index is 1050. The molecule has 28 heavy (non-hydrogen) atoms. The molecule has 0 spiro atoms. The van der Waals surface area contributed by atoms with Gasteiger partial charge in [0.05, 0.1) is 5.69 Å². The van der Waals surface area contributed by atoms with Gasteiger partial charge >= 0.3 is 0 Å². The predicted octanol–water partition coefficient (Wildman–Crippen LogP) is 3.39. The van der Waals surface area contributed by atoms with E-state index in [2.05, 4.69) is 15.3 Å². The van der Waals surface area contributed by atoms with Crippen LogP contribution >= 0.6 is 0 Å². The Morgan fingerprint density at radius 1 is 0.964 bits per heavy atom. The number of carbonyl (C=O) groups excluding carboxylic acids is 1. The molecule has 1 aromatic heterocycles. The zero-order valence-corrected chi connectivity index (χ0v) is 15.8. The van der Waals surface area contributed by atoms with Crippen LogP contribution in [0.25, 0.3) is 5.69 Å². The molecule has 0 saturated carbocycles. The van der Waals surface area contributed by atoms with Crippen LogP contribution in [-0.4, -0.2) is 28.8 Å². The predicted molar refractivity (Wildman–Crippen MR) is 110 cm³/mol. The molecule has 1 aliphatic rings. The van der Waals surface area contributed by atoms with E-state index in [0.29, 0.717) is 11.3 Å². The highest BCUT2D eigenvalue weighted by atomic mass is 16.1. The van der Waals surface area contributed by atoms with Crippen LogP contribution in [0.1, 0.15) is 28.8 Å². The molecule has 0 unspecified atom stereocenters. The van der Waals surface area contributed by atoms with Crippen molar-refractivity contribution in [3.05, 3.63) is 82.1 Å². The first-order valence-electron chi connectivity index (χ1n) is 9.44. The maximum absolute atomic E-state index is 12.5. The van der Waals surface area contributed by atoms with Crippen molar-refractivity contribution in [1.29, 1.82) is 0 Å². The molecule has 2 aromatic carbocycles. The molecule has 1 fully saturated rings. The summed E-state index contributed by atoms with van der Waals surface area (Å²) in [4.78, 5) is 27.0. The van der Waals surface area contributed by atoms with E-state index in [1.165, 1.54) is 4.68 Å². The second-order valence-corrected chi connectivity index (χ2v) is 6.95. The zero-order chi connectivity index (χ0) is 19.5. The van der Waals surface area contributed by atoms with Crippen LogP contribution in [0.3, 0.4) is 0 Å². The topological polar surface area (TPSA) is 67.2 Å². The number of anilines is 2. The lowest BCUT2D eigenvalue weighted by atomic mass is 10.1. The van der Waals surface area contributed by atoms with Crippen LogP contribution in [0.5, 0.6) is 0 Å². The third-order valence-corrected chi connectivity index (χ3v) is 4.98. The highest BCUT2D eigenvalue weighted by Gasteiger charge is 2.15. The molecule has 6 nitrogen and oxygen atoms in total. The average molecular weight is 374 g/mol. The molecule has 1 saturated heterocycles. The molecule has 1 aliphatic heterocycles. The fourth-order valence-corrected chi connectivity index (χ4v) is 3.36. The number of nitrogens with one attached hydrogen (secondary N) is 1. The van der Waals surface area contributed by atoms with Crippen molar-refractivity contribution >= 4 is 17.4 Å². The monoisotopic (exact) mass is 374 g/mol. The Balaban J connectivity index is 1.56. The van der Waals surface area contributed by atoms with Crippen molar-refractivity contribution in [3.63, 3.8) is 0 Å². The Morgan fingerprint density at radius 3 is 2.39 bits per heavy atom. The van der Waals surface area contributed by atoms with Crippen molar-refractivity contribution in [2.75, 3.05) is 23.3 Å². The number of hydrogen-bond donors (Lipinski definition) is 1. The molecule has 0 aliphatic carbocycles. The van der Waals surface area contributed by atoms with Gasteiger partial charge in [0.1, 0.15) is 5.82 Å². The van der Waals surface area contributed by atoms with Crippen molar-refractivity contribution in [2.45, 2.75) is 19.8 Å². The summed E-state index contributed by atoms with van der Waals surface area (Å²) >= 11 is 0. The van der Waals surface area contributed by atoms with E-state index in [-0.39, 0.29) is 11.5 Å². The van der Waals surface area contributed by atoms with Gasteiger partial charge in [0, 0.05) is 30.4 Å². The molecule has 1 amide bonds. The largest absolute Gasteiger partial charge is 0.355 e. The SMILES string of the molecule is Cc1ccccc1NC(=O)c1ccc(-n2nc(N3CCCC3)ccc2=O)cc1. The number of carbonyl (C=O) groups is 1. The van der Waals surface area contributed by atoms with Gasteiger partial charge < -0.3 is 10.2 Å². The molecule has 4 rings (SSSR count). The highest BCUT2D eigenvalue weighted by molar-refractivity contribution is 6.04. The number of para-hydroxylation sites is 1. The van der Waals surface area contributed by atoms with E-state index >= 15 is 0 Å². The molecular weight excluding hydrogens is 352 g/mol. The molecule has 1 N–H and O–H groups in total. The van der Waals surface area contributed by atoms with E-state index in [4.69, 9.17) is 0 Å². The normalized spacial score (nSPS) is 13.5. The lowest BCUT2D eigenvalue weighted by molar-refractivity contribution is 0.102. The highest BCUT2D eigenvalue weighted by Crippen LogP contribution is 2.18. The summed E-state index contributed by atoms with van der Waals surface area (Å²) < 4.78 is 1.39. The number of benzene rings is 2. The van der Waals surface area contributed by atoms with Crippen molar-refractivity contribution < 1.29 is 4.79 Å². The summed E-state index contributed by atoms with van der Waals surface area (Å²) in [7, 11) is 0. The van der Waals surface area contributed by atoms with Gasteiger partial charge in [-0.2, -0.15) is 4.68 Å². The first-order chi connectivity index (χ1) is 13.6. The number of aromatic nitrogens is 2. The van der Waals surface area contributed by atoms with E-state index in [1.54, 1.807) is 36.4 Å². The van der Waals surface area contributed by atoms with E-state index < -0.39 is 0 Å². The zero-order valence-electron chi connectivity index (χ0n) is 15.8. The minimum atomic E-state index is -0.194. The summed E-state index contributed by atoms with van der Waals surface area (Å²) in [6.45, 7) is 3.87. The van der Waals surface area contributed by atoms with E-state index in [0.717, 1.165) is 43.0 Å². The van der Waals surface area contributed by atoms with Gasteiger partial charge in [-0.3, -0.25) is 9.59 Å². The summed E-state index contributed by atoms with van der Waals surface area (Å²) in [5.74, 6) is 0.616. The van der Waals surface area contributed by atoms with Gasteiger partial charge in [-0.1, -0.05) is 18.2 Å². The Hall–Kier alpha value is -3.41. The molecule has 142 valence electrons. The number of amides is 1. The molecular formula is C22H22N4O2. The second kappa shape index (κ2) is 7.68. The van der Waals surface area contributed by atoms with Crippen molar-refractivity contribution in [2.24, 2.45) is 0 Å². The summed E-state index contributed by atoms with van der Waals surface area (Å²) in [6, 6.07) is 17.9. The molecule has 3 aromatic rings. The van der Waals surface area contributed by atoms with Gasteiger partial charge in [0.15, 0.2) is 0 Å². The standard InChI is InChI=1S/C22H22N4O2/c1-16-6-2-3-7-19(16)23-22(28)17-8-10-18(11-9-17)26-21(27)13-12-20(24-26)25-14-4-5-15-25/h2-3,6-13H,4-5,14-15H2,1H3,(H,23,28). The van der Waals surface area contributed by atoms with Gasteiger partial charge in [0.2, 0.25) is 0 Å². The van der Waals surface area contributed by atoms with Crippen LogP contribution in [0, 0.1) is 6.92 Å². The fraction of sp³-hybridized carbons (Fsp3) is 0.227. The Kier molecular flexibility index (Phi) is 4.93. The second-order valence-electron chi connectivity index (χ2n) is 6.95. The van der Waals surface area contributed by atoms with Crippen LogP contribution in [0.4, 0.5) is 11.5 Å². The minimum absolute atomic E-state index is 0.188. The van der Waals surface area contributed by atoms with Gasteiger partial charge in [-0.25, -0.2) is 0 Å². The quantitative estimate of drug-likeness (QED) is 0.760. The number of nitrogens with zero attached hydrogens (tertiary/aromatic N) is 3. The molecule has 6 heteroatoms. The van der Waals surface area contributed by atoms with Crippen molar-refractivity contribution in [3.8, 4) is 5.69 Å². The molecule has 2 heterocycles. The number of rotatable bonds is 4. The Labute approximate surface area is 163 Å². The van der Waals surface area contributed by atoms with Gasteiger partial charge in [0.25, 0.3) is 11.5 Å². The first-order valence-corrected chi connectivity index (χ1v) is 9.44. The lowest BCUT2D eigenvalue weighted by Gasteiger charge is -2.17. The van der Waals surface area contributed by atoms with Crippen molar-refractivity contribution in [1.82, 2.24) is 9.78 Å². The van der Waals surface area contributed by atoms with Gasteiger partial charge in [-0.05, 0) is 61.7 Å². The van der Waals surface area contributed by atoms with Crippen LogP contribution in [-0.2, 0) is 0 Å². The smallest absolute Gasteiger partial charge is 0.271 e. The number of aryl methyl sites for hydroxylation is 1. The molecule has 0 atom stereocenters. The lowest BCUT2D eigenvalue weighted by Crippen LogP contribution is -2.26. The van der Waals surface area contributed by atoms with Crippen LogP contribution in [0.15, 0.2) is 65.5 Å². The average Bonchev–Trinajstić information content (AvgIpc) is 3.25. The summed E-state index contributed by atoms with van der Waals surface area (Å²) in [6.07, 6.45) is 2.29. The minimum Gasteiger partial charge on any atom is -0.355 e. The van der Waals surface area contributed by atoms with Crippen LogP contribution in [0.2, 0.25) is 0 Å². The fourth-order valence-electron chi connectivity index (χ4n) is 3.36. The third-order valence-electron chi connectivity index (χ3n) is 4.98. The molecule has 0 bridgehead atoms. The van der Waals surface area contributed by atoms with Crippen LogP contribution < -0.4 is 15.8 Å². The van der Waals surface area contributed by atoms with E-state index in [1.807, 2.05) is 31.2 Å². The molecule has 0 radical (unpaired) electrons.